The van der Waals surface area contributed by atoms with Crippen LogP contribution in [0.5, 0.6) is 0 Å². The van der Waals surface area contributed by atoms with Gasteiger partial charge in [-0.25, -0.2) is 10.8 Å². The number of hydrogen-bond donors (Lipinski definition) is 2. The zero-order valence-corrected chi connectivity index (χ0v) is 12.2. The molecule has 1 aromatic heterocycles. The fourth-order valence-electron chi connectivity index (χ4n) is 2.40. The number of carbonyl (C=O) groups excluding carboxylic acids is 2. The number of pyridine rings is 1. The fourth-order valence-corrected chi connectivity index (χ4v) is 2.40. The average molecular weight is 291 g/mol. The smallest absolute Gasteiger partial charge is 0.283 e. The predicted molar refractivity (Wildman–Crippen MR) is 78.0 cm³/mol. The Balaban J connectivity index is 1.91. The van der Waals surface area contributed by atoms with Gasteiger partial charge in [0.05, 0.1) is 12.2 Å². The molecule has 0 spiro atoms. The minimum atomic E-state index is -0.423. The van der Waals surface area contributed by atoms with Crippen LogP contribution in [0.25, 0.3) is 0 Å². The third-order valence-corrected chi connectivity index (χ3v) is 3.47. The molecule has 0 bridgehead atoms. The van der Waals surface area contributed by atoms with E-state index in [4.69, 9.17) is 5.84 Å². The Hall–Kier alpha value is -1.99. The zero-order chi connectivity index (χ0) is 15.2. The van der Waals surface area contributed by atoms with Gasteiger partial charge < -0.3 is 4.90 Å². The Morgan fingerprint density at radius 2 is 2.10 bits per heavy atom. The van der Waals surface area contributed by atoms with Crippen molar-refractivity contribution >= 4 is 11.8 Å². The van der Waals surface area contributed by atoms with Crippen LogP contribution in [0.15, 0.2) is 18.2 Å². The minimum Gasteiger partial charge on any atom is -0.342 e. The summed E-state index contributed by atoms with van der Waals surface area (Å²) >= 11 is 0. The van der Waals surface area contributed by atoms with Gasteiger partial charge in [-0.3, -0.25) is 19.9 Å². The van der Waals surface area contributed by atoms with Crippen molar-refractivity contribution in [3.05, 3.63) is 29.6 Å². The first-order valence-electron chi connectivity index (χ1n) is 7.03. The quantitative estimate of drug-likeness (QED) is 0.443. The highest BCUT2D eigenvalue weighted by Crippen LogP contribution is 2.09. The van der Waals surface area contributed by atoms with Crippen molar-refractivity contribution in [1.82, 2.24) is 20.2 Å². The van der Waals surface area contributed by atoms with Gasteiger partial charge in [-0.1, -0.05) is 6.07 Å². The molecule has 0 unspecified atom stereocenters. The second-order valence-electron chi connectivity index (χ2n) is 5.25. The topological polar surface area (TPSA) is 91.6 Å². The maximum Gasteiger partial charge on any atom is 0.283 e. The molecule has 3 N–H and O–H groups in total. The number of nitrogens with two attached hydrogens (primary N) is 1. The molecule has 2 amide bonds. The van der Waals surface area contributed by atoms with E-state index < -0.39 is 5.91 Å². The fraction of sp³-hybridized carbons (Fsp3) is 0.500. The van der Waals surface area contributed by atoms with Crippen molar-refractivity contribution < 1.29 is 9.59 Å². The maximum atomic E-state index is 12.1. The SMILES string of the molecule is CN(CC(=O)N1CCCC1)Cc1cccc(C(=O)NN)n1. The summed E-state index contributed by atoms with van der Waals surface area (Å²) in [6.45, 7) is 2.58. The summed E-state index contributed by atoms with van der Waals surface area (Å²) in [5.74, 6) is 4.81. The highest BCUT2D eigenvalue weighted by molar-refractivity contribution is 5.91. The molecule has 0 aromatic carbocycles. The van der Waals surface area contributed by atoms with E-state index in [-0.39, 0.29) is 11.6 Å². The highest BCUT2D eigenvalue weighted by atomic mass is 16.2. The normalized spacial score (nSPS) is 14.5. The molecule has 2 rings (SSSR count). The molecular weight excluding hydrogens is 270 g/mol. The van der Waals surface area contributed by atoms with Crippen molar-refractivity contribution in [3.8, 4) is 0 Å². The molecule has 7 heteroatoms. The summed E-state index contributed by atoms with van der Waals surface area (Å²) in [5, 5.41) is 0. The van der Waals surface area contributed by atoms with Gasteiger partial charge >= 0.3 is 0 Å². The van der Waals surface area contributed by atoms with Gasteiger partial charge in [-0.15, -0.1) is 0 Å². The van der Waals surface area contributed by atoms with E-state index in [2.05, 4.69) is 10.4 Å². The lowest BCUT2D eigenvalue weighted by molar-refractivity contribution is -0.131. The molecular formula is C14H21N5O2. The lowest BCUT2D eigenvalue weighted by atomic mass is 10.2. The number of likely N-dealkylation sites (tertiary alicyclic amines) is 1. The number of aromatic nitrogens is 1. The van der Waals surface area contributed by atoms with E-state index >= 15 is 0 Å². The second kappa shape index (κ2) is 7.14. The van der Waals surface area contributed by atoms with Crippen LogP contribution in [0, 0.1) is 0 Å². The number of hydrogen-bond acceptors (Lipinski definition) is 5. The molecule has 7 nitrogen and oxygen atoms in total. The molecule has 1 fully saturated rings. The monoisotopic (exact) mass is 291 g/mol. The van der Waals surface area contributed by atoms with Gasteiger partial charge in [-0.05, 0) is 32.0 Å². The van der Waals surface area contributed by atoms with Crippen LogP contribution in [0.4, 0.5) is 0 Å². The number of nitrogen functional groups attached to an aromatic ring is 1. The first kappa shape index (κ1) is 15.4. The average Bonchev–Trinajstić information content (AvgIpc) is 3.00. The highest BCUT2D eigenvalue weighted by Gasteiger charge is 2.19. The van der Waals surface area contributed by atoms with Gasteiger partial charge in [0.25, 0.3) is 5.91 Å². The summed E-state index contributed by atoms with van der Waals surface area (Å²) < 4.78 is 0. The molecule has 1 saturated heterocycles. The molecule has 0 aliphatic carbocycles. The van der Waals surface area contributed by atoms with E-state index in [0.29, 0.717) is 13.1 Å². The Morgan fingerprint density at radius 1 is 1.38 bits per heavy atom. The molecule has 0 radical (unpaired) electrons. The number of amides is 2. The van der Waals surface area contributed by atoms with Crippen LogP contribution >= 0.6 is 0 Å². The van der Waals surface area contributed by atoms with Crippen LogP contribution in [0.1, 0.15) is 29.0 Å². The molecule has 0 atom stereocenters. The summed E-state index contributed by atoms with van der Waals surface area (Å²) in [7, 11) is 1.87. The number of rotatable bonds is 5. The Bertz CT molecular complexity index is 514. The lowest BCUT2D eigenvalue weighted by Crippen LogP contribution is -2.37. The van der Waals surface area contributed by atoms with Gasteiger partial charge in [0.1, 0.15) is 5.69 Å². The Labute approximate surface area is 124 Å². The lowest BCUT2D eigenvalue weighted by Gasteiger charge is -2.21. The third kappa shape index (κ3) is 4.24. The number of hydrazine groups is 1. The van der Waals surface area contributed by atoms with Crippen molar-refractivity contribution in [2.45, 2.75) is 19.4 Å². The van der Waals surface area contributed by atoms with Crippen molar-refractivity contribution in [2.75, 3.05) is 26.7 Å². The first-order chi connectivity index (χ1) is 10.1. The van der Waals surface area contributed by atoms with E-state index in [1.54, 1.807) is 12.1 Å². The standard InChI is InChI=1S/C14H21N5O2/c1-18(10-13(20)19-7-2-3-8-19)9-11-5-4-6-12(16-11)14(21)17-15/h4-6H,2-3,7-10,15H2,1H3,(H,17,21). The molecule has 1 aliphatic rings. The summed E-state index contributed by atoms with van der Waals surface area (Å²) in [4.78, 5) is 31.5. The third-order valence-electron chi connectivity index (χ3n) is 3.47. The second-order valence-corrected chi connectivity index (χ2v) is 5.25. The van der Waals surface area contributed by atoms with Crippen molar-refractivity contribution in [3.63, 3.8) is 0 Å². The number of nitrogens with zero attached hydrogens (tertiary/aromatic N) is 3. The Morgan fingerprint density at radius 3 is 2.76 bits per heavy atom. The Kier molecular flexibility index (Phi) is 5.24. The zero-order valence-electron chi connectivity index (χ0n) is 12.2. The van der Waals surface area contributed by atoms with E-state index in [0.717, 1.165) is 31.6 Å². The molecule has 1 aliphatic heterocycles. The van der Waals surface area contributed by atoms with Crippen LogP contribution in [-0.2, 0) is 11.3 Å². The molecule has 21 heavy (non-hydrogen) atoms. The van der Waals surface area contributed by atoms with Crippen molar-refractivity contribution in [1.29, 1.82) is 0 Å². The van der Waals surface area contributed by atoms with Gasteiger partial charge in [0.2, 0.25) is 5.91 Å². The van der Waals surface area contributed by atoms with Crippen LogP contribution < -0.4 is 11.3 Å². The van der Waals surface area contributed by atoms with E-state index in [1.807, 2.05) is 22.9 Å². The maximum absolute atomic E-state index is 12.1. The summed E-state index contributed by atoms with van der Waals surface area (Å²) in [5.41, 5.74) is 3.06. The van der Waals surface area contributed by atoms with Crippen LogP contribution in [0.2, 0.25) is 0 Å². The number of likely N-dealkylation sites (N-methyl/N-ethyl adjacent to an activating group) is 1. The summed E-state index contributed by atoms with van der Waals surface area (Å²) in [6.07, 6.45) is 2.18. The predicted octanol–water partition coefficient (Wildman–Crippen LogP) is -0.261. The van der Waals surface area contributed by atoms with Crippen LogP contribution in [-0.4, -0.2) is 53.3 Å². The van der Waals surface area contributed by atoms with Crippen molar-refractivity contribution in [2.24, 2.45) is 5.84 Å². The van der Waals surface area contributed by atoms with E-state index in [1.165, 1.54) is 0 Å². The van der Waals surface area contributed by atoms with Crippen LogP contribution in [0.3, 0.4) is 0 Å². The first-order valence-corrected chi connectivity index (χ1v) is 7.03. The van der Waals surface area contributed by atoms with Gasteiger partial charge in [-0.2, -0.15) is 0 Å². The largest absolute Gasteiger partial charge is 0.342 e. The number of nitrogens with one attached hydrogen (secondary N) is 1. The molecule has 2 heterocycles. The molecule has 114 valence electrons. The minimum absolute atomic E-state index is 0.144. The molecule has 0 saturated carbocycles. The summed E-state index contributed by atoms with van der Waals surface area (Å²) in [6, 6.07) is 5.17. The molecule has 1 aromatic rings. The van der Waals surface area contributed by atoms with Gasteiger partial charge in [0, 0.05) is 19.6 Å². The van der Waals surface area contributed by atoms with E-state index in [9.17, 15) is 9.59 Å². The number of carbonyl (C=O) groups is 2. The van der Waals surface area contributed by atoms with Gasteiger partial charge in [0.15, 0.2) is 0 Å².